The van der Waals surface area contributed by atoms with Gasteiger partial charge in [0.05, 0.1) is 0 Å². The second kappa shape index (κ2) is 10.8. The van der Waals surface area contributed by atoms with Gasteiger partial charge in [-0.2, -0.15) is 0 Å². The standard InChI is InChI=1S/C7H15FNP.C6H11F2N.C2H6/c1-5(2)9-3-6(8)7(10)4-9;1-9-3-2-5(4-9)6(7)8;1-2/h5-7H,3-4,10H2,1-2H3;5-6H,2-4H2,1H3;1-2H3. The first-order valence-corrected chi connectivity index (χ1v) is 8.58. The highest BCUT2D eigenvalue weighted by molar-refractivity contribution is 7.17. The molecule has 0 saturated carbocycles. The highest BCUT2D eigenvalue weighted by Crippen LogP contribution is 2.22. The van der Waals surface area contributed by atoms with Crippen molar-refractivity contribution in [3.05, 3.63) is 0 Å². The fourth-order valence-electron chi connectivity index (χ4n) is 2.42. The van der Waals surface area contributed by atoms with Crippen LogP contribution in [0.4, 0.5) is 13.2 Å². The minimum Gasteiger partial charge on any atom is -0.306 e. The summed E-state index contributed by atoms with van der Waals surface area (Å²) in [7, 11) is 4.44. The molecule has 0 aromatic carbocycles. The molecule has 6 heteroatoms. The summed E-state index contributed by atoms with van der Waals surface area (Å²) in [4.78, 5) is 4.11. The molecule has 0 radical (unpaired) electrons. The van der Waals surface area contributed by atoms with Crippen LogP contribution in [0.25, 0.3) is 0 Å². The van der Waals surface area contributed by atoms with Crippen molar-refractivity contribution in [2.75, 3.05) is 33.2 Å². The highest BCUT2D eigenvalue weighted by atomic mass is 31.0. The third-order valence-corrected chi connectivity index (χ3v) is 4.46. The van der Waals surface area contributed by atoms with Gasteiger partial charge in [-0.15, -0.1) is 9.24 Å². The van der Waals surface area contributed by atoms with Gasteiger partial charge in [-0.1, -0.05) is 13.8 Å². The first-order chi connectivity index (χ1) is 9.81. The molecule has 0 N–H and O–H groups in total. The van der Waals surface area contributed by atoms with Crippen LogP contribution in [0.5, 0.6) is 0 Å². The molecule has 0 aromatic heterocycles. The molecule has 4 unspecified atom stereocenters. The van der Waals surface area contributed by atoms with E-state index < -0.39 is 12.6 Å². The maximum absolute atomic E-state index is 12.9. The molecule has 0 bridgehead atoms. The topological polar surface area (TPSA) is 6.48 Å². The summed E-state index contributed by atoms with van der Waals surface area (Å²) in [5, 5.41) is 0. The van der Waals surface area contributed by atoms with Crippen LogP contribution in [-0.2, 0) is 0 Å². The van der Waals surface area contributed by atoms with Crippen LogP contribution in [0.1, 0.15) is 34.1 Å². The van der Waals surface area contributed by atoms with Crippen LogP contribution in [0.3, 0.4) is 0 Å². The smallest absolute Gasteiger partial charge is 0.242 e. The molecular formula is C15H32F3N2P. The molecule has 2 aliphatic rings. The molecule has 2 rings (SSSR count). The predicted octanol–water partition coefficient (Wildman–Crippen LogP) is 3.52. The summed E-state index contributed by atoms with van der Waals surface area (Å²) in [5.74, 6) is -0.366. The van der Waals surface area contributed by atoms with Crippen molar-refractivity contribution in [1.29, 1.82) is 0 Å². The molecule has 2 fully saturated rings. The van der Waals surface area contributed by atoms with Crippen LogP contribution >= 0.6 is 9.24 Å². The number of nitrogens with zero attached hydrogens (tertiary/aromatic N) is 2. The van der Waals surface area contributed by atoms with Crippen molar-refractivity contribution in [2.45, 2.75) is 58.4 Å². The summed E-state index contributed by atoms with van der Waals surface area (Å²) in [6.07, 6.45) is -2.09. The Balaban J connectivity index is 0.000000342. The van der Waals surface area contributed by atoms with Crippen molar-refractivity contribution in [3.63, 3.8) is 0 Å². The Morgan fingerprint density at radius 1 is 1.10 bits per heavy atom. The van der Waals surface area contributed by atoms with Gasteiger partial charge in [0.15, 0.2) is 0 Å². The largest absolute Gasteiger partial charge is 0.306 e. The fraction of sp³-hybridized carbons (Fsp3) is 1.00. The Hall–Kier alpha value is 0.140. The summed E-state index contributed by atoms with van der Waals surface area (Å²) in [5.41, 5.74) is 0.155. The third kappa shape index (κ3) is 7.80. The molecule has 0 aromatic rings. The minimum absolute atomic E-state index is 0.155. The van der Waals surface area contributed by atoms with Gasteiger partial charge in [0.1, 0.15) is 6.17 Å². The summed E-state index contributed by atoms with van der Waals surface area (Å²) in [6.45, 7) is 11.1. The number of hydrogen-bond acceptors (Lipinski definition) is 2. The molecule has 2 aliphatic heterocycles. The van der Waals surface area contributed by atoms with Gasteiger partial charge >= 0.3 is 0 Å². The van der Waals surface area contributed by atoms with E-state index in [-0.39, 0.29) is 11.6 Å². The van der Waals surface area contributed by atoms with Gasteiger partial charge < -0.3 is 4.90 Å². The van der Waals surface area contributed by atoms with E-state index in [0.717, 1.165) is 13.1 Å². The molecule has 0 amide bonds. The Morgan fingerprint density at radius 2 is 1.67 bits per heavy atom. The van der Waals surface area contributed by atoms with Crippen LogP contribution in [-0.4, -0.2) is 67.3 Å². The van der Waals surface area contributed by atoms with Crippen LogP contribution in [0.2, 0.25) is 0 Å². The fourth-order valence-corrected chi connectivity index (χ4v) is 2.81. The number of hydrogen-bond donors (Lipinski definition) is 0. The predicted molar refractivity (Wildman–Crippen MR) is 88.1 cm³/mol. The first-order valence-electron chi connectivity index (χ1n) is 7.91. The maximum atomic E-state index is 12.9. The van der Waals surface area contributed by atoms with Crippen LogP contribution in [0.15, 0.2) is 0 Å². The van der Waals surface area contributed by atoms with Gasteiger partial charge in [0.2, 0.25) is 6.43 Å². The average molecular weight is 328 g/mol. The van der Waals surface area contributed by atoms with Gasteiger partial charge in [0.25, 0.3) is 0 Å². The van der Waals surface area contributed by atoms with E-state index in [9.17, 15) is 13.2 Å². The Kier molecular flexibility index (Phi) is 10.9. The first kappa shape index (κ1) is 21.1. The SMILES string of the molecule is CC.CC(C)N1CC(F)C(P)C1.CN1CCC(C(F)F)C1. The molecule has 0 spiro atoms. The van der Waals surface area contributed by atoms with E-state index >= 15 is 0 Å². The second-order valence-electron chi connectivity index (χ2n) is 5.87. The Morgan fingerprint density at radius 3 is 1.86 bits per heavy atom. The van der Waals surface area contributed by atoms with E-state index in [2.05, 4.69) is 28.0 Å². The van der Waals surface area contributed by atoms with Crippen LogP contribution < -0.4 is 0 Å². The van der Waals surface area contributed by atoms with E-state index in [1.54, 1.807) is 0 Å². The zero-order valence-electron chi connectivity index (χ0n) is 14.0. The van der Waals surface area contributed by atoms with Gasteiger partial charge in [-0.25, -0.2) is 13.2 Å². The number of likely N-dealkylation sites (tertiary alicyclic amines) is 2. The van der Waals surface area contributed by atoms with Crippen molar-refractivity contribution in [1.82, 2.24) is 9.80 Å². The second-order valence-corrected chi connectivity index (χ2v) is 6.73. The zero-order valence-corrected chi connectivity index (χ0v) is 15.2. The number of rotatable bonds is 2. The molecule has 2 saturated heterocycles. The molecule has 4 atom stereocenters. The van der Waals surface area contributed by atoms with E-state index in [1.807, 2.05) is 25.8 Å². The van der Waals surface area contributed by atoms with Crippen molar-refractivity contribution in [2.24, 2.45) is 5.92 Å². The summed E-state index contributed by atoms with van der Waals surface area (Å²) in [6, 6.07) is 0.490. The highest BCUT2D eigenvalue weighted by Gasteiger charge is 2.30. The zero-order chi connectivity index (χ0) is 16.6. The molecular weight excluding hydrogens is 296 g/mol. The lowest BCUT2D eigenvalue weighted by molar-refractivity contribution is 0.0823. The summed E-state index contributed by atoms with van der Waals surface area (Å²) >= 11 is 0. The Bertz CT molecular complexity index is 257. The molecule has 2 nitrogen and oxygen atoms in total. The van der Waals surface area contributed by atoms with Crippen molar-refractivity contribution < 1.29 is 13.2 Å². The normalized spacial score (nSPS) is 30.1. The molecule has 128 valence electrons. The van der Waals surface area contributed by atoms with Gasteiger partial charge in [-0.3, -0.25) is 4.90 Å². The van der Waals surface area contributed by atoms with Crippen molar-refractivity contribution in [3.8, 4) is 0 Å². The van der Waals surface area contributed by atoms with Gasteiger partial charge in [-0.05, 0) is 33.9 Å². The van der Waals surface area contributed by atoms with E-state index in [4.69, 9.17) is 0 Å². The molecule has 0 aliphatic carbocycles. The van der Waals surface area contributed by atoms with Gasteiger partial charge in [0, 0.05) is 37.3 Å². The average Bonchev–Trinajstić information content (AvgIpc) is 3.00. The van der Waals surface area contributed by atoms with E-state index in [1.165, 1.54) is 0 Å². The molecule has 2 heterocycles. The maximum Gasteiger partial charge on any atom is 0.242 e. The number of halogens is 3. The minimum atomic E-state index is -2.12. The lowest BCUT2D eigenvalue weighted by Gasteiger charge is -2.18. The van der Waals surface area contributed by atoms with E-state index in [0.29, 0.717) is 25.6 Å². The number of alkyl halides is 3. The monoisotopic (exact) mass is 328 g/mol. The lowest BCUT2D eigenvalue weighted by Crippen LogP contribution is -2.28. The van der Waals surface area contributed by atoms with Crippen LogP contribution in [0, 0.1) is 5.92 Å². The quantitative estimate of drug-likeness (QED) is 0.716. The Labute approximate surface area is 130 Å². The van der Waals surface area contributed by atoms with Crippen molar-refractivity contribution >= 4 is 9.24 Å². The molecule has 21 heavy (non-hydrogen) atoms. The lowest BCUT2D eigenvalue weighted by atomic mass is 10.1. The summed E-state index contributed by atoms with van der Waals surface area (Å²) < 4.78 is 36.6. The third-order valence-electron chi connectivity index (χ3n) is 3.83.